The van der Waals surface area contributed by atoms with Crippen molar-refractivity contribution in [3.63, 3.8) is 0 Å². The molecule has 3 saturated heterocycles. The van der Waals surface area contributed by atoms with Crippen LogP contribution in [0.2, 0.25) is 0 Å². The van der Waals surface area contributed by atoms with Crippen molar-refractivity contribution in [2.45, 2.75) is 298 Å². The highest BCUT2D eigenvalue weighted by Crippen LogP contribution is 2.33. The highest BCUT2D eigenvalue weighted by molar-refractivity contribution is 5.76. The molecule has 0 bridgehead atoms. The van der Waals surface area contributed by atoms with Crippen molar-refractivity contribution in [2.75, 3.05) is 26.4 Å². The fourth-order valence-electron chi connectivity index (χ4n) is 9.89. The summed E-state index contributed by atoms with van der Waals surface area (Å²) in [7, 11) is 0. The van der Waals surface area contributed by atoms with Gasteiger partial charge >= 0.3 is 0 Å². The van der Waals surface area contributed by atoms with Crippen molar-refractivity contribution >= 4 is 5.91 Å². The predicted molar refractivity (Wildman–Crippen MR) is 282 cm³/mol. The molecule has 19 heteroatoms. The zero-order chi connectivity index (χ0) is 54.8. The molecule has 0 aliphatic carbocycles. The smallest absolute Gasteiger partial charge is 0.220 e. The van der Waals surface area contributed by atoms with E-state index in [1.54, 1.807) is 6.08 Å². The Balaban J connectivity index is 1.53. The summed E-state index contributed by atoms with van der Waals surface area (Å²) in [6, 6.07) is -0.973. The zero-order valence-corrected chi connectivity index (χ0v) is 45.5. The van der Waals surface area contributed by atoms with Gasteiger partial charge < -0.3 is 89.9 Å². The molecule has 0 aromatic carbocycles. The Kier molecular flexibility index (Phi) is 36.4. The Bertz CT molecular complexity index is 1480. The van der Waals surface area contributed by atoms with Crippen molar-refractivity contribution in [1.29, 1.82) is 0 Å². The second-order valence-corrected chi connectivity index (χ2v) is 21.1. The number of aliphatic hydroxyl groups is 11. The number of carbonyl (C=O) groups excluding carboxylic acids is 1. The molecule has 3 rings (SSSR count). The number of amides is 1. The Morgan fingerprint density at radius 3 is 1.31 bits per heavy atom. The number of unbranched alkanes of at least 4 members (excludes halogenated alkanes) is 24. The van der Waals surface area contributed by atoms with Gasteiger partial charge in [0.2, 0.25) is 5.91 Å². The molecule has 12 N–H and O–H groups in total. The SMILES string of the molecule is CCCCCC/C=C\CCCCCCCC(=O)NC(COC1OC(CO)C(OC2OC(CO)C(OC3OC(CO)C(O)C(O)C3O)C(O)C2O)C(O)C1O)C(O)/C=C/CCCCCCCCCCCCCCCCC. The van der Waals surface area contributed by atoms with Gasteiger partial charge in [0.05, 0.1) is 38.6 Å². The van der Waals surface area contributed by atoms with Gasteiger partial charge in [-0.15, -0.1) is 0 Å². The van der Waals surface area contributed by atoms with E-state index in [-0.39, 0.29) is 18.9 Å². The minimum absolute atomic E-state index is 0.234. The molecule has 0 radical (unpaired) electrons. The van der Waals surface area contributed by atoms with Crippen LogP contribution in [0.3, 0.4) is 0 Å². The molecule has 19 nitrogen and oxygen atoms in total. The van der Waals surface area contributed by atoms with Crippen molar-refractivity contribution in [2.24, 2.45) is 0 Å². The van der Waals surface area contributed by atoms with E-state index < -0.39 is 124 Å². The van der Waals surface area contributed by atoms with Gasteiger partial charge in [-0.05, 0) is 44.9 Å². The number of nitrogens with one attached hydrogen (secondary N) is 1. The monoisotopic (exact) mass is 1080 g/mol. The lowest BCUT2D eigenvalue weighted by Crippen LogP contribution is -2.66. The topological polar surface area (TPSA) is 307 Å². The van der Waals surface area contributed by atoms with Crippen LogP contribution in [-0.2, 0) is 33.2 Å². The largest absolute Gasteiger partial charge is 0.394 e. The number of hydrogen-bond donors (Lipinski definition) is 12. The molecule has 17 atom stereocenters. The van der Waals surface area contributed by atoms with E-state index >= 15 is 0 Å². The third-order valence-corrected chi connectivity index (χ3v) is 14.7. The van der Waals surface area contributed by atoms with Crippen molar-refractivity contribution < 1.29 is 89.4 Å². The number of ether oxygens (including phenoxy) is 6. The quantitative estimate of drug-likeness (QED) is 0.0298. The summed E-state index contributed by atoms with van der Waals surface area (Å²) in [6.45, 7) is 1.69. The molecule has 0 spiro atoms. The standard InChI is InChI=1S/C56H103NO18/c1-3-5-7-9-11-13-15-17-18-19-20-22-23-25-27-29-31-33-40(61)39(57-44(62)34-32-30-28-26-24-21-16-14-12-10-8-6-4-2)38-70-54-50(68)47(65)52(42(36-59)72-54)75-56-51(69)48(66)53(43(37-60)73-56)74-55-49(67)46(64)45(63)41(35-58)71-55/h14,16,31,33,39-43,45-56,58-61,63-69H,3-13,15,17-30,32,34-38H2,1-2H3,(H,57,62)/b16-14-,33-31+. The van der Waals surface area contributed by atoms with Crippen molar-refractivity contribution in [3.8, 4) is 0 Å². The van der Waals surface area contributed by atoms with Gasteiger partial charge in [0.25, 0.3) is 0 Å². The van der Waals surface area contributed by atoms with Gasteiger partial charge in [-0.25, -0.2) is 0 Å². The van der Waals surface area contributed by atoms with E-state index in [1.165, 1.54) is 103 Å². The molecule has 1 amide bonds. The highest BCUT2D eigenvalue weighted by atomic mass is 16.8. The number of allylic oxidation sites excluding steroid dienone is 3. The second kappa shape index (κ2) is 40.4. The zero-order valence-electron chi connectivity index (χ0n) is 45.5. The van der Waals surface area contributed by atoms with Crippen LogP contribution in [0.1, 0.15) is 194 Å². The van der Waals surface area contributed by atoms with Crippen LogP contribution in [0.15, 0.2) is 24.3 Å². The first-order valence-corrected chi connectivity index (χ1v) is 29.1. The Hall–Kier alpha value is -1.73. The lowest BCUT2D eigenvalue weighted by atomic mass is 9.96. The molecule has 0 aromatic rings. The average Bonchev–Trinajstić information content (AvgIpc) is 3.41. The van der Waals surface area contributed by atoms with Crippen LogP contribution in [0.4, 0.5) is 0 Å². The number of carbonyl (C=O) groups is 1. The number of hydrogen-bond acceptors (Lipinski definition) is 18. The summed E-state index contributed by atoms with van der Waals surface area (Å²) in [5.41, 5.74) is 0. The van der Waals surface area contributed by atoms with E-state index in [9.17, 15) is 61.0 Å². The fourth-order valence-corrected chi connectivity index (χ4v) is 9.89. The molecular formula is C56H103NO18. The summed E-state index contributed by atoms with van der Waals surface area (Å²) in [4.78, 5) is 13.3. The third-order valence-electron chi connectivity index (χ3n) is 14.7. The molecule has 3 aliphatic rings. The van der Waals surface area contributed by atoms with E-state index in [4.69, 9.17) is 28.4 Å². The van der Waals surface area contributed by atoms with Crippen LogP contribution in [0.25, 0.3) is 0 Å². The van der Waals surface area contributed by atoms with Crippen molar-refractivity contribution in [3.05, 3.63) is 24.3 Å². The number of rotatable bonds is 42. The van der Waals surface area contributed by atoms with Crippen LogP contribution in [-0.4, -0.2) is 193 Å². The van der Waals surface area contributed by atoms with E-state index in [2.05, 4.69) is 31.3 Å². The lowest BCUT2D eigenvalue weighted by molar-refractivity contribution is -0.379. The Morgan fingerprint density at radius 2 is 0.840 bits per heavy atom. The maximum atomic E-state index is 13.3. The first-order chi connectivity index (χ1) is 36.3. The molecule has 3 heterocycles. The average molecular weight is 1080 g/mol. The molecule has 0 aromatic heterocycles. The Labute approximate surface area is 448 Å². The molecular weight excluding hydrogens is 975 g/mol. The molecule has 3 fully saturated rings. The fraction of sp³-hybridized carbons (Fsp3) is 0.911. The van der Waals surface area contributed by atoms with Gasteiger partial charge in [0, 0.05) is 6.42 Å². The van der Waals surface area contributed by atoms with E-state index in [0.29, 0.717) is 6.42 Å². The summed E-state index contributed by atoms with van der Waals surface area (Å²) in [5, 5.41) is 120. The molecule has 0 saturated carbocycles. The maximum Gasteiger partial charge on any atom is 0.220 e. The Morgan fingerprint density at radius 1 is 0.467 bits per heavy atom. The normalized spacial score (nSPS) is 31.3. The van der Waals surface area contributed by atoms with Gasteiger partial charge in [-0.1, -0.05) is 167 Å². The lowest BCUT2D eigenvalue weighted by Gasteiger charge is -2.48. The van der Waals surface area contributed by atoms with Crippen LogP contribution < -0.4 is 5.32 Å². The first kappa shape index (κ1) is 67.5. The molecule has 440 valence electrons. The van der Waals surface area contributed by atoms with Crippen LogP contribution in [0, 0.1) is 0 Å². The molecule has 17 unspecified atom stereocenters. The minimum Gasteiger partial charge on any atom is -0.394 e. The van der Waals surface area contributed by atoms with Gasteiger partial charge in [0.1, 0.15) is 73.2 Å². The van der Waals surface area contributed by atoms with E-state index in [1.807, 2.05) is 6.08 Å². The van der Waals surface area contributed by atoms with Gasteiger partial charge in [0.15, 0.2) is 18.9 Å². The van der Waals surface area contributed by atoms with Gasteiger partial charge in [-0.2, -0.15) is 0 Å². The van der Waals surface area contributed by atoms with Crippen LogP contribution in [0.5, 0.6) is 0 Å². The summed E-state index contributed by atoms with van der Waals surface area (Å²) in [5.74, 6) is -0.286. The third kappa shape index (κ3) is 25.1. The minimum atomic E-state index is -1.98. The molecule has 3 aliphatic heterocycles. The van der Waals surface area contributed by atoms with Gasteiger partial charge in [-0.3, -0.25) is 4.79 Å². The summed E-state index contributed by atoms with van der Waals surface area (Å²) >= 11 is 0. The summed E-state index contributed by atoms with van der Waals surface area (Å²) < 4.78 is 34.2. The summed E-state index contributed by atoms with van der Waals surface area (Å²) in [6.07, 6.45) is 13.0. The predicted octanol–water partition coefficient (Wildman–Crippen LogP) is 4.37. The second-order valence-electron chi connectivity index (χ2n) is 21.1. The van der Waals surface area contributed by atoms with Crippen LogP contribution >= 0.6 is 0 Å². The molecule has 75 heavy (non-hydrogen) atoms. The van der Waals surface area contributed by atoms with Crippen molar-refractivity contribution in [1.82, 2.24) is 5.32 Å². The maximum absolute atomic E-state index is 13.3. The van der Waals surface area contributed by atoms with E-state index in [0.717, 1.165) is 64.2 Å². The first-order valence-electron chi connectivity index (χ1n) is 29.1. The number of aliphatic hydroxyl groups excluding tert-OH is 11. The highest BCUT2D eigenvalue weighted by Gasteiger charge is 2.53.